The molecule has 0 saturated carbocycles. The monoisotopic (exact) mass is 528 g/mol. The molecule has 0 radical (unpaired) electrons. The summed E-state index contributed by atoms with van der Waals surface area (Å²) in [5.74, 6) is 1.43. The average molecular weight is 529 g/mol. The topological polar surface area (TPSA) is 111 Å². The molecule has 3 aromatic carbocycles. The van der Waals surface area contributed by atoms with Gasteiger partial charge in [-0.1, -0.05) is 42.5 Å². The number of nitrogen functional groups attached to an aromatic ring is 1. The quantitative estimate of drug-likeness (QED) is 0.239. The summed E-state index contributed by atoms with van der Waals surface area (Å²) in [6.45, 7) is 7.99. The number of anilines is 1. The molecule has 5 aromatic rings. The second kappa shape index (κ2) is 10.4. The molecular formula is C31H24N6O3. The number of aromatic nitrogens is 3. The summed E-state index contributed by atoms with van der Waals surface area (Å²) in [5, 5.41) is 10.2. The molecule has 6 rings (SSSR count). The summed E-state index contributed by atoms with van der Waals surface area (Å²) in [7, 11) is 0. The third-order valence-electron chi connectivity index (χ3n) is 6.70. The fourth-order valence-corrected chi connectivity index (χ4v) is 4.68. The van der Waals surface area contributed by atoms with Gasteiger partial charge in [0, 0.05) is 30.5 Å². The molecule has 1 fully saturated rings. The van der Waals surface area contributed by atoms with Crippen LogP contribution in [0.15, 0.2) is 97.1 Å². The van der Waals surface area contributed by atoms with E-state index in [-0.39, 0.29) is 24.7 Å². The van der Waals surface area contributed by atoms with E-state index < -0.39 is 6.10 Å². The number of nitrogens with zero attached hydrogens (tertiary/aromatic N) is 5. The zero-order valence-corrected chi connectivity index (χ0v) is 21.3. The molecule has 9 nitrogen and oxygen atoms in total. The van der Waals surface area contributed by atoms with E-state index in [4.69, 9.17) is 17.0 Å². The summed E-state index contributed by atoms with van der Waals surface area (Å²) in [5.41, 5.74) is 10.2. The fourth-order valence-electron chi connectivity index (χ4n) is 4.68. The number of β-amino-alcohol motifs (C(OH)–C–C–N with tert-alkyl or cyclic N) is 1. The molecule has 3 N–H and O–H groups in total. The number of aliphatic hydroxyl groups excluding tert-OH is 1. The van der Waals surface area contributed by atoms with E-state index in [0.717, 1.165) is 22.6 Å². The predicted molar refractivity (Wildman–Crippen MR) is 152 cm³/mol. The predicted octanol–water partition coefficient (Wildman–Crippen LogP) is 4.93. The highest BCUT2D eigenvalue weighted by Gasteiger charge is 2.30. The van der Waals surface area contributed by atoms with Gasteiger partial charge in [-0.15, -0.1) is 0 Å². The van der Waals surface area contributed by atoms with Crippen molar-refractivity contribution in [1.82, 2.24) is 19.4 Å². The normalized spacial score (nSPS) is 13.6. The van der Waals surface area contributed by atoms with Gasteiger partial charge in [-0.25, -0.2) is 14.8 Å². The Labute approximate surface area is 230 Å². The first-order valence-corrected chi connectivity index (χ1v) is 12.6. The van der Waals surface area contributed by atoms with Crippen LogP contribution in [-0.4, -0.2) is 49.6 Å². The van der Waals surface area contributed by atoms with Crippen LogP contribution in [0.4, 0.5) is 5.82 Å². The first kappa shape index (κ1) is 24.9. The van der Waals surface area contributed by atoms with Crippen molar-refractivity contribution in [3.05, 3.63) is 114 Å². The Hall–Kier alpha value is -5.46. The van der Waals surface area contributed by atoms with E-state index in [1.165, 1.54) is 11.2 Å². The molecule has 3 heterocycles. The standard InChI is InChI=1S/C31H24N6O3/c1-33-27(31(39)36-16-23(38)17-36)15-20-6-5-7-22(14-20)37-18-26(28-29(32)34-19-35-30(28)37)21-10-12-25(13-11-21)40-24-8-3-2-4-9-24/h2-15,18-19,23,38H,16-17H2,(H2,32,34,35)/b27-15-. The number of para-hydroxylation sites is 1. The SMILES string of the molecule is [C-]#[N+]/C(=C\c1cccc(-n2cc(-c3ccc(Oc4ccccc4)cc3)c3c(N)ncnc32)c1)C(=O)N1CC(O)C1. The Bertz CT molecular complexity index is 1780. The number of ether oxygens (including phenoxy) is 1. The Kier molecular flexibility index (Phi) is 6.44. The van der Waals surface area contributed by atoms with Crippen LogP contribution in [0.2, 0.25) is 0 Å². The van der Waals surface area contributed by atoms with Crippen LogP contribution in [0, 0.1) is 6.57 Å². The van der Waals surface area contributed by atoms with Gasteiger partial charge in [0.05, 0.1) is 18.1 Å². The molecule has 1 aliphatic rings. The maximum atomic E-state index is 12.6. The Morgan fingerprint density at radius 2 is 1.77 bits per heavy atom. The Morgan fingerprint density at radius 1 is 1.02 bits per heavy atom. The summed E-state index contributed by atoms with van der Waals surface area (Å²) in [6.07, 6.45) is 4.41. The third kappa shape index (κ3) is 4.75. The Balaban J connectivity index is 1.36. The fraction of sp³-hybridized carbons (Fsp3) is 0.0968. The van der Waals surface area contributed by atoms with Crippen molar-refractivity contribution in [3.63, 3.8) is 0 Å². The van der Waals surface area contributed by atoms with Crippen molar-refractivity contribution >= 4 is 28.8 Å². The van der Waals surface area contributed by atoms with Crippen molar-refractivity contribution < 1.29 is 14.6 Å². The number of carbonyl (C=O) groups is 1. The maximum Gasteiger partial charge on any atom is 0.253 e. The minimum absolute atomic E-state index is 0.00789. The lowest BCUT2D eigenvalue weighted by Crippen LogP contribution is -2.53. The number of likely N-dealkylation sites (tertiary alicyclic amines) is 1. The minimum Gasteiger partial charge on any atom is -0.457 e. The number of fused-ring (bicyclic) bond motifs is 1. The number of nitrogens with two attached hydrogens (primary N) is 1. The van der Waals surface area contributed by atoms with Crippen molar-refractivity contribution in [3.8, 4) is 28.3 Å². The number of carbonyl (C=O) groups excluding carboxylic acids is 1. The highest BCUT2D eigenvalue weighted by molar-refractivity contribution is 6.02. The van der Waals surface area contributed by atoms with Crippen LogP contribution >= 0.6 is 0 Å². The summed E-state index contributed by atoms with van der Waals surface area (Å²) >= 11 is 0. The van der Waals surface area contributed by atoms with Crippen LogP contribution in [0.5, 0.6) is 11.5 Å². The molecule has 2 aromatic heterocycles. The highest BCUT2D eigenvalue weighted by Crippen LogP contribution is 2.35. The van der Waals surface area contributed by atoms with Crippen LogP contribution < -0.4 is 10.5 Å². The maximum absolute atomic E-state index is 12.6. The van der Waals surface area contributed by atoms with E-state index >= 15 is 0 Å². The first-order valence-electron chi connectivity index (χ1n) is 12.6. The van der Waals surface area contributed by atoms with Crippen molar-refractivity contribution in [1.29, 1.82) is 0 Å². The lowest BCUT2D eigenvalue weighted by Gasteiger charge is -2.35. The molecule has 0 atom stereocenters. The van der Waals surface area contributed by atoms with Gasteiger partial charge in [0.25, 0.3) is 11.6 Å². The van der Waals surface area contributed by atoms with E-state index in [2.05, 4.69) is 14.8 Å². The zero-order chi connectivity index (χ0) is 27.6. The molecule has 9 heteroatoms. The number of amides is 1. The summed E-state index contributed by atoms with van der Waals surface area (Å²) in [6, 6.07) is 24.8. The molecular weight excluding hydrogens is 504 g/mol. The minimum atomic E-state index is -0.530. The summed E-state index contributed by atoms with van der Waals surface area (Å²) < 4.78 is 7.85. The molecule has 40 heavy (non-hydrogen) atoms. The van der Waals surface area contributed by atoms with Crippen molar-refractivity contribution in [2.24, 2.45) is 0 Å². The van der Waals surface area contributed by atoms with Crippen LogP contribution in [0.25, 0.3) is 38.8 Å². The first-order chi connectivity index (χ1) is 19.5. The molecule has 0 aliphatic carbocycles. The number of aliphatic hydroxyl groups is 1. The van der Waals surface area contributed by atoms with Crippen molar-refractivity contribution in [2.45, 2.75) is 6.10 Å². The lowest BCUT2D eigenvalue weighted by atomic mass is 10.1. The van der Waals surface area contributed by atoms with Crippen LogP contribution in [0.1, 0.15) is 5.56 Å². The average Bonchev–Trinajstić information content (AvgIpc) is 3.36. The van der Waals surface area contributed by atoms with Crippen LogP contribution in [-0.2, 0) is 4.79 Å². The molecule has 1 amide bonds. The van der Waals surface area contributed by atoms with Gasteiger partial charge in [-0.3, -0.25) is 4.79 Å². The van der Waals surface area contributed by atoms with Gasteiger partial charge in [-0.05, 0) is 53.6 Å². The molecule has 0 bridgehead atoms. The number of benzene rings is 3. The van der Waals surface area contributed by atoms with Crippen LogP contribution in [0.3, 0.4) is 0 Å². The molecule has 196 valence electrons. The van der Waals surface area contributed by atoms with Crippen molar-refractivity contribution in [2.75, 3.05) is 18.8 Å². The second-order valence-corrected chi connectivity index (χ2v) is 9.41. The molecule has 0 unspecified atom stereocenters. The number of rotatable bonds is 6. The molecule has 0 spiro atoms. The Morgan fingerprint density at radius 3 is 2.50 bits per heavy atom. The van der Waals surface area contributed by atoms with E-state index in [0.29, 0.717) is 28.2 Å². The van der Waals surface area contributed by atoms with Gasteiger partial charge in [0.1, 0.15) is 23.6 Å². The summed E-state index contributed by atoms with van der Waals surface area (Å²) in [4.78, 5) is 26.3. The van der Waals surface area contributed by atoms with Gasteiger partial charge in [-0.2, -0.15) is 0 Å². The van der Waals surface area contributed by atoms with Gasteiger partial charge >= 0.3 is 0 Å². The zero-order valence-electron chi connectivity index (χ0n) is 21.3. The third-order valence-corrected chi connectivity index (χ3v) is 6.70. The molecule has 1 saturated heterocycles. The van der Waals surface area contributed by atoms with Gasteiger partial charge in [0.15, 0.2) is 5.65 Å². The number of hydrogen-bond donors (Lipinski definition) is 2. The smallest absolute Gasteiger partial charge is 0.253 e. The molecule has 1 aliphatic heterocycles. The number of hydrogen-bond acceptors (Lipinski definition) is 6. The van der Waals surface area contributed by atoms with E-state index in [1.54, 1.807) is 6.08 Å². The van der Waals surface area contributed by atoms with Gasteiger partial charge < -0.3 is 25.0 Å². The van der Waals surface area contributed by atoms with E-state index in [1.807, 2.05) is 89.6 Å². The highest BCUT2D eigenvalue weighted by atomic mass is 16.5. The second-order valence-electron chi connectivity index (χ2n) is 9.41. The lowest BCUT2D eigenvalue weighted by molar-refractivity contribution is -0.136. The van der Waals surface area contributed by atoms with E-state index in [9.17, 15) is 9.90 Å². The van der Waals surface area contributed by atoms with Gasteiger partial charge in [0.2, 0.25) is 0 Å². The largest absolute Gasteiger partial charge is 0.457 e.